The van der Waals surface area contributed by atoms with Gasteiger partial charge in [0.25, 0.3) is 0 Å². The van der Waals surface area contributed by atoms with Crippen molar-refractivity contribution < 1.29 is 9.53 Å². The number of piperazine rings is 1. The van der Waals surface area contributed by atoms with Crippen molar-refractivity contribution in [1.82, 2.24) is 10.6 Å². The highest BCUT2D eigenvalue weighted by atomic mass is 16.5. The standard InChI is InChI=1S/C27H30N4O2/c1-18-19(14-20(15-26(18)28)31-12-10-29-11-13-31)16-30-27(32)33-17-25-23-8-4-2-6-21(23)22-7-3-5-9-24(22)25/h2-9,14-15,25,29H,10-13,16-17,28H2,1H3,(H,30,32). The number of benzene rings is 3. The van der Waals surface area contributed by atoms with E-state index >= 15 is 0 Å². The Kier molecular flexibility index (Phi) is 5.92. The molecule has 2 aliphatic rings. The molecule has 0 spiro atoms. The van der Waals surface area contributed by atoms with E-state index in [1.165, 1.54) is 22.3 Å². The highest BCUT2D eigenvalue weighted by molar-refractivity contribution is 5.79. The van der Waals surface area contributed by atoms with Gasteiger partial charge in [0.05, 0.1) is 0 Å². The molecular weight excluding hydrogens is 412 g/mol. The maximum Gasteiger partial charge on any atom is 0.407 e. The van der Waals surface area contributed by atoms with Crippen LogP contribution in [0.5, 0.6) is 0 Å². The second kappa shape index (κ2) is 9.16. The Bertz CT molecular complexity index is 1130. The molecule has 1 heterocycles. The van der Waals surface area contributed by atoms with Gasteiger partial charge in [0.2, 0.25) is 0 Å². The number of nitrogen functional groups attached to an aromatic ring is 1. The number of nitrogens with one attached hydrogen (secondary N) is 2. The third-order valence-electron chi connectivity index (χ3n) is 6.79. The number of amides is 1. The first-order valence-corrected chi connectivity index (χ1v) is 11.6. The molecule has 0 bridgehead atoms. The van der Waals surface area contributed by atoms with Crippen molar-refractivity contribution >= 4 is 17.5 Å². The Morgan fingerprint density at radius 2 is 1.70 bits per heavy atom. The number of alkyl carbamates (subject to hydrolysis) is 1. The van der Waals surface area contributed by atoms with Crippen LogP contribution in [0.4, 0.5) is 16.2 Å². The van der Waals surface area contributed by atoms with Crippen LogP contribution < -0.4 is 21.3 Å². The lowest BCUT2D eigenvalue weighted by atomic mass is 9.98. The van der Waals surface area contributed by atoms with Crippen molar-refractivity contribution in [1.29, 1.82) is 0 Å². The predicted molar refractivity (Wildman–Crippen MR) is 133 cm³/mol. The molecule has 1 fully saturated rings. The number of ether oxygens (including phenoxy) is 1. The summed E-state index contributed by atoms with van der Waals surface area (Å²) in [6.07, 6.45) is -0.414. The van der Waals surface area contributed by atoms with E-state index in [2.05, 4.69) is 45.9 Å². The largest absolute Gasteiger partial charge is 0.449 e. The van der Waals surface area contributed by atoms with Crippen LogP contribution in [-0.4, -0.2) is 38.9 Å². The molecule has 0 saturated carbocycles. The summed E-state index contributed by atoms with van der Waals surface area (Å²) in [5, 5.41) is 6.29. The second-order valence-corrected chi connectivity index (χ2v) is 8.74. The zero-order valence-corrected chi connectivity index (χ0v) is 18.9. The zero-order valence-electron chi connectivity index (χ0n) is 18.9. The maximum absolute atomic E-state index is 12.6. The highest BCUT2D eigenvalue weighted by Crippen LogP contribution is 2.44. The molecule has 4 N–H and O–H groups in total. The van der Waals surface area contributed by atoms with Crippen LogP contribution in [0.3, 0.4) is 0 Å². The van der Waals surface area contributed by atoms with Gasteiger partial charge in [0.15, 0.2) is 0 Å². The average molecular weight is 443 g/mol. The van der Waals surface area contributed by atoms with E-state index in [4.69, 9.17) is 10.5 Å². The van der Waals surface area contributed by atoms with Crippen LogP contribution in [0.2, 0.25) is 0 Å². The minimum absolute atomic E-state index is 0.0524. The highest BCUT2D eigenvalue weighted by Gasteiger charge is 2.29. The lowest BCUT2D eigenvalue weighted by Gasteiger charge is -2.30. The average Bonchev–Trinajstić information content (AvgIpc) is 3.18. The van der Waals surface area contributed by atoms with E-state index in [9.17, 15) is 4.79 Å². The summed E-state index contributed by atoms with van der Waals surface area (Å²) in [5.41, 5.74) is 15.0. The Balaban J connectivity index is 1.24. The van der Waals surface area contributed by atoms with Crippen molar-refractivity contribution in [2.75, 3.05) is 43.4 Å². The number of anilines is 2. The van der Waals surface area contributed by atoms with Crippen molar-refractivity contribution in [2.45, 2.75) is 19.4 Å². The van der Waals surface area contributed by atoms with Gasteiger partial charge in [-0.3, -0.25) is 0 Å². The summed E-state index contributed by atoms with van der Waals surface area (Å²) in [7, 11) is 0. The summed E-state index contributed by atoms with van der Waals surface area (Å²) in [6.45, 7) is 6.49. The summed E-state index contributed by atoms with van der Waals surface area (Å²) < 4.78 is 5.68. The molecule has 3 aromatic carbocycles. The number of hydrogen-bond acceptors (Lipinski definition) is 5. The minimum Gasteiger partial charge on any atom is -0.449 e. The molecule has 1 saturated heterocycles. The third kappa shape index (κ3) is 4.26. The fourth-order valence-electron chi connectivity index (χ4n) is 4.89. The molecule has 1 aliphatic heterocycles. The molecule has 0 aromatic heterocycles. The Labute approximate surface area is 194 Å². The molecule has 170 valence electrons. The number of carbonyl (C=O) groups is 1. The van der Waals surface area contributed by atoms with Crippen LogP contribution >= 0.6 is 0 Å². The minimum atomic E-state index is -0.414. The molecule has 0 radical (unpaired) electrons. The van der Waals surface area contributed by atoms with Gasteiger partial charge in [-0.15, -0.1) is 0 Å². The van der Waals surface area contributed by atoms with Gasteiger partial charge >= 0.3 is 6.09 Å². The van der Waals surface area contributed by atoms with Gasteiger partial charge in [-0.05, 0) is 52.4 Å². The summed E-state index contributed by atoms with van der Waals surface area (Å²) in [6, 6.07) is 20.8. The van der Waals surface area contributed by atoms with Gasteiger partial charge < -0.3 is 26.0 Å². The van der Waals surface area contributed by atoms with Gasteiger partial charge in [-0.25, -0.2) is 4.79 Å². The SMILES string of the molecule is Cc1c(N)cc(N2CCNCC2)cc1CNC(=O)OCC1c2ccccc2-c2ccccc21. The fraction of sp³-hybridized carbons (Fsp3) is 0.296. The summed E-state index contributed by atoms with van der Waals surface area (Å²) >= 11 is 0. The summed E-state index contributed by atoms with van der Waals surface area (Å²) in [5.74, 6) is 0.0524. The van der Waals surface area contributed by atoms with Crippen LogP contribution in [0.15, 0.2) is 60.7 Å². The van der Waals surface area contributed by atoms with Gasteiger partial charge in [0.1, 0.15) is 6.61 Å². The van der Waals surface area contributed by atoms with Crippen LogP contribution in [-0.2, 0) is 11.3 Å². The molecule has 6 heteroatoms. The Hall–Kier alpha value is -3.51. The smallest absolute Gasteiger partial charge is 0.407 e. The number of nitrogens with zero attached hydrogens (tertiary/aromatic N) is 1. The second-order valence-electron chi connectivity index (χ2n) is 8.74. The molecule has 5 rings (SSSR count). The van der Waals surface area contributed by atoms with Gasteiger partial charge in [-0.2, -0.15) is 0 Å². The fourth-order valence-corrected chi connectivity index (χ4v) is 4.89. The molecule has 1 amide bonds. The van der Waals surface area contributed by atoms with E-state index in [-0.39, 0.29) is 5.92 Å². The normalized spacial score (nSPS) is 15.1. The van der Waals surface area contributed by atoms with E-state index in [1.807, 2.05) is 37.3 Å². The Morgan fingerprint density at radius 1 is 1.06 bits per heavy atom. The zero-order chi connectivity index (χ0) is 22.8. The van der Waals surface area contributed by atoms with Crippen LogP contribution in [0, 0.1) is 6.92 Å². The first-order valence-electron chi connectivity index (χ1n) is 11.6. The van der Waals surface area contributed by atoms with E-state index < -0.39 is 6.09 Å². The third-order valence-corrected chi connectivity index (χ3v) is 6.79. The van der Waals surface area contributed by atoms with Crippen molar-refractivity contribution in [2.24, 2.45) is 0 Å². The van der Waals surface area contributed by atoms with Crippen molar-refractivity contribution in [3.05, 3.63) is 82.9 Å². The van der Waals surface area contributed by atoms with E-state index in [0.29, 0.717) is 13.2 Å². The lowest BCUT2D eigenvalue weighted by Crippen LogP contribution is -2.43. The van der Waals surface area contributed by atoms with Gasteiger partial charge in [0, 0.05) is 50.0 Å². The molecule has 0 atom stereocenters. The molecule has 6 nitrogen and oxygen atoms in total. The predicted octanol–water partition coefficient (Wildman–Crippen LogP) is 4.03. The molecule has 1 aliphatic carbocycles. The number of carbonyl (C=O) groups excluding carboxylic acids is 1. The first kappa shape index (κ1) is 21.3. The van der Waals surface area contributed by atoms with E-state index in [0.717, 1.165) is 48.7 Å². The van der Waals surface area contributed by atoms with Crippen LogP contribution in [0.25, 0.3) is 11.1 Å². The number of hydrogen-bond donors (Lipinski definition) is 3. The molecular formula is C27H30N4O2. The number of nitrogens with two attached hydrogens (primary N) is 1. The van der Waals surface area contributed by atoms with Crippen molar-refractivity contribution in [3.8, 4) is 11.1 Å². The molecule has 33 heavy (non-hydrogen) atoms. The number of rotatable bonds is 5. The molecule has 0 unspecified atom stereocenters. The lowest BCUT2D eigenvalue weighted by molar-refractivity contribution is 0.142. The summed E-state index contributed by atoms with van der Waals surface area (Å²) in [4.78, 5) is 14.9. The quantitative estimate of drug-likeness (QED) is 0.520. The van der Waals surface area contributed by atoms with E-state index in [1.54, 1.807) is 0 Å². The number of fused-ring (bicyclic) bond motifs is 3. The molecule has 3 aromatic rings. The first-order chi connectivity index (χ1) is 16.1. The maximum atomic E-state index is 12.6. The Morgan fingerprint density at radius 3 is 2.36 bits per heavy atom. The monoisotopic (exact) mass is 442 g/mol. The van der Waals surface area contributed by atoms with Gasteiger partial charge in [-0.1, -0.05) is 48.5 Å². The van der Waals surface area contributed by atoms with Crippen molar-refractivity contribution in [3.63, 3.8) is 0 Å². The topological polar surface area (TPSA) is 79.6 Å². The van der Waals surface area contributed by atoms with Crippen LogP contribution in [0.1, 0.15) is 28.2 Å².